The van der Waals surface area contributed by atoms with E-state index >= 15 is 0 Å². The van der Waals surface area contributed by atoms with Gasteiger partial charge >= 0.3 is 0 Å². The summed E-state index contributed by atoms with van der Waals surface area (Å²) in [5, 5.41) is 3.40. The molecule has 0 saturated heterocycles. The van der Waals surface area contributed by atoms with Crippen LogP contribution in [0.25, 0.3) is 0 Å². The highest BCUT2D eigenvalue weighted by Crippen LogP contribution is 2.21. The first-order valence-corrected chi connectivity index (χ1v) is 6.45. The number of anilines is 2. The van der Waals surface area contributed by atoms with E-state index in [-0.39, 0.29) is 0 Å². The number of hydrogen-bond donors (Lipinski definition) is 3. The van der Waals surface area contributed by atoms with Crippen LogP contribution in [0.1, 0.15) is 44.0 Å². The van der Waals surface area contributed by atoms with E-state index in [0.717, 1.165) is 18.5 Å². The van der Waals surface area contributed by atoms with Gasteiger partial charge in [-0.3, -0.25) is 4.79 Å². The maximum atomic E-state index is 11.2. The molecule has 1 rings (SSSR count). The smallest absolute Gasteiger partial charge is 0.250 e. The standard InChI is InChI=1S/C14H23N3O/c1-4-10(5-2)9(3)17-11-6-7-13(15)12(8-11)14(16)18/h6-10,17H,4-5,15H2,1-3H3,(H2,16,18). The Kier molecular flexibility index (Phi) is 5.01. The van der Waals surface area contributed by atoms with Gasteiger partial charge in [0.05, 0.1) is 5.56 Å². The first-order chi connectivity index (χ1) is 8.49. The Morgan fingerprint density at radius 1 is 1.33 bits per heavy atom. The lowest BCUT2D eigenvalue weighted by atomic mass is 9.95. The Hall–Kier alpha value is -1.71. The van der Waals surface area contributed by atoms with E-state index in [4.69, 9.17) is 11.5 Å². The van der Waals surface area contributed by atoms with Gasteiger partial charge in [-0.2, -0.15) is 0 Å². The van der Waals surface area contributed by atoms with Crippen LogP contribution in [0.3, 0.4) is 0 Å². The molecule has 0 radical (unpaired) electrons. The first kappa shape index (κ1) is 14.4. The maximum Gasteiger partial charge on any atom is 0.250 e. The Labute approximate surface area is 109 Å². The second-order valence-corrected chi connectivity index (χ2v) is 4.68. The molecule has 0 heterocycles. The van der Waals surface area contributed by atoms with Crippen LogP contribution in [0.15, 0.2) is 18.2 Å². The molecule has 1 aromatic rings. The second kappa shape index (κ2) is 6.28. The Morgan fingerprint density at radius 2 is 1.94 bits per heavy atom. The highest BCUT2D eigenvalue weighted by Gasteiger charge is 2.14. The second-order valence-electron chi connectivity index (χ2n) is 4.68. The van der Waals surface area contributed by atoms with Gasteiger partial charge in [0, 0.05) is 17.4 Å². The van der Waals surface area contributed by atoms with E-state index in [1.807, 2.05) is 6.07 Å². The molecule has 100 valence electrons. The third-order valence-electron chi connectivity index (χ3n) is 3.47. The van der Waals surface area contributed by atoms with Gasteiger partial charge in [0.15, 0.2) is 0 Å². The molecular weight excluding hydrogens is 226 g/mol. The van der Waals surface area contributed by atoms with Crippen molar-refractivity contribution in [2.45, 2.75) is 39.7 Å². The molecule has 18 heavy (non-hydrogen) atoms. The van der Waals surface area contributed by atoms with E-state index in [1.54, 1.807) is 12.1 Å². The van der Waals surface area contributed by atoms with Crippen molar-refractivity contribution in [3.63, 3.8) is 0 Å². The van der Waals surface area contributed by atoms with Crippen molar-refractivity contribution in [1.82, 2.24) is 0 Å². The lowest BCUT2D eigenvalue weighted by Crippen LogP contribution is -2.25. The lowest BCUT2D eigenvalue weighted by Gasteiger charge is -2.24. The molecule has 0 saturated carbocycles. The van der Waals surface area contributed by atoms with E-state index in [9.17, 15) is 4.79 Å². The van der Waals surface area contributed by atoms with Gasteiger partial charge in [-0.15, -0.1) is 0 Å². The molecule has 0 aliphatic rings. The van der Waals surface area contributed by atoms with Crippen molar-refractivity contribution in [3.05, 3.63) is 23.8 Å². The fraction of sp³-hybridized carbons (Fsp3) is 0.500. The van der Waals surface area contributed by atoms with E-state index in [1.165, 1.54) is 0 Å². The van der Waals surface area contributed by atoms with Crippen LogP contribution < -0.4 is 16.8 Å². The number of amides is 1. The molecule has 0 aliphatic heterocycles. The molecule has 0 bridgehead atoms. The molecule has 0 aliphatic carbocycles. The average molecular weight is 249 g/mol. The summed E-state index contributed by atoms with van der Waals surface area (Å²) in [5.41, 5.74) is 12.7. The molecular formula is C14H23N3O. The number of benzene rings is 1. The highest BCUT2D eigenvalue weighted by molar-refractivity contribution is 5.98. The summed E-state index contributed by atoms with van der Waals surface area (Å²) in [7, 11) is 0. The zero-order chi connectivity index (χ0) is 13.7. The van der Waals surface area contributed by atoms with E-state index in [2.05, 4.69) is 26.1 Å². The van der Waals surface area contributed by atoms with E-state index < -0.39 is 5.91 Å². The van der Waals surface area contributed by atoms with Gasteiger partial charge in [0.25, 0.3) is 5.91 Å². The summed E-state index contributed by atoms with van der Waals surface area (Å²) in [6.45, 7) is 6.52. The predicted octanol–water partition coefficient (Wildman–Crippen LogP) is 2.60. The zero-order valence-corrected chi connectivity index (χ0v) is 11.4. The van der Waals surface area contributed by atoms with Crippen molar-refractivity contribution in [2.75, 3.05) is 11.1 Å². The minimum atomic E-state index is -0.494. The van der Waals surface area contributed by atoms with Gasteiger partial charge in [-0.05, 0) is 31.0 Å². The zero-order valence-electron chi connectivity index (χ0n) is 11.4. The minimum Gasteiger partial charge on any atom is -0.398 e. The summed E-state index contributed by atoms with van der Waals surface area (Å²) >= 11 is 0. The number of nitrogen functional groups attached to an aromatic ring is 1. The van der Waals surface area contributed by atoms with Crippen molar-refractivity contribution < 1.29 is 4.79 Å². The number of carbonyl (C=O) groups excluding carboxylic acids is 1. The van der Waals surface area contributed by atoms with Crippen LogP contribution in [-0.2, 0) is 0 Å². The van der Waals surface area contributed by atoms with Crippen molar-refractivity contribution in [3.8, 4) is 0 Å². The van der Waals surface area contributed by atoms with Crippen LogP contribution in [-0.4, -0.2) is 11.9 Å². The molecule has 1 unspecified atom stereocenters. The van der Waals surface area contributed by atoms with Crippen LogP contribution in [0.5, 0.6) is 0 Å². The Bertz CT molecular complexity index is 414. The van der Waals surface area contributed by atoms with Gasteiger partial charge in [-0.1, -0.05) is 26.7 Å². The molecule has 1 atom stereocenters. The largest absolute Gasteiger partial charge is 0.398 e. The minimum absolute atomic E-state index is 0.351. The van der Waals surface area contributed by atoms with E-state index in [0.29, 0.717) is 23.2 Å². The van der Waals surface area contributed by atoms with Crippen molar-refractivity contribution >= 4 is 17.3 Å². The SMILES string of the molecule is CCC(CC)C(C)Nc1ccc(N)c(C(N)=O)c1. The summed E-state index contributed by atoms with van der Waals surface area (Å²) in [6, 6.07) is 5.66. The summed E-state index contributed by atoms with van der Waals surface area (Å²) in [5.74, 6) is 0.117. The number of primary amides is 1. The third-order valence-corrected chi connectivity index (χ3v) is 3.47. The number of rotatable bonds is 6. The average Bonchev–Trinajstić information content (AvgIpc) is 2.32. The fourth-order valence-corrected chi connectivity index (χ4v) is 2.24. The van der Waals surface area contributed by atoms with Gasteiger partial charge in [0.1, 0.15) is 0 Å². The van der Waals surface area contributed by atoms with Crippen LogP contribution in [0, 0.1) is 5.92 Å². The summed E-state index contributed by atoms with van der Waals surface area (Å²) < 4.78 is 0. The number of nitrogens with two attached hydrogens (primary N) is 2. The van der Waals surface area contributed by atoms with Gasteiger partial charge in [-0.25, -0.2) is 0 Å². The van der Waals surface area contributed by atoms with Crippen LogP contribution in [0.2, 0.25) is 0 Å². The van der Waals surface area contributed by atoms with Crippen molar-refractivity contribution in [2.24, 2.45) is 11.7 Å². The monoisotopic (exact) mass is 249 g/mol. The molecule has 1 amide bonds. The molecule has 0 fully saturated rings. The Balaban J connectivity index is 2.85. The first-order valence-electron chi connectivity index (χ1n) is 6.45. The van der Waals surface area contributed by atoms with Gasteiger partial charge in [0.2, 0.25) is 0 Å². The normalized spacial score (nSPS) is 12.4. The molecule has 0 aromatic heterocycles. The molecule has 0 spiro atoms. The summed E-state index contributed by atoms with van der Waals surface area (Å²) in [4.78, 5) is 11.2. The highest BCUT2D eigenvalue weighted by atomic mass is 16.1. The van der Waals surface area contributed by atoms with Crippen LogP contribution in [0.4, 0.5) is 11.4 Å². The van der Waals surface area contributed by atoms with Crippen molar-refractivity contribution in [1.29, 1.82) is 0 Å². The fourth-order valence-electron chi connectivity index (χ4n) is 2.24. The third kappa shape index (κ3) is 3.39. The van der Waals surface area contributed by atoms with Gasteiger partial charge < -0.3 is 16.8 Å². The predicted molar refractivity (Wildman–Crippen MR) is 76.5 cm³/mol. The number of hydrogen-bond acceptors (Lipinski definition) is 3. The topological polar surface area (TPSA) is 81.1 Å². The number of carbonyl (C=O) groups is 1. The maximum absolute atomic E-state index is 11.2. The Morgan fingerprint density at radius 3 is 2.44 bits per heavy atom. The molecule has 4 nitrogen and oxygen atoms in total. The quantitative estimate of drug-likeness (QED) is 0.678. The van der Waals surface area contributed by atoms with Crippen LogP contribution >= 0.6 is 0 Å². The number of nitrogens with one attached hydrogen (secondary N) is 1. The molecule has 5 N–H and O–H groups in total. The molecule has 4 heteroatoms. The summed E-state index contributed by atoms with van der Waals surface area (Å²) in [6.07, 6.45) is 2.25. The molecule has 1 aromatic carbocycles. The lowest BCUT2D eigenvalue weighted by molar-refractivity contribution is 0.100.